The molecule has 2 aliphatic heterocycles. The number of hydrogen-bond donors (Lipinski definition) is 2. The number of carbonyl (C=O) groups excluding carboxylic acids is 4. The molecule has 2 aromatic rings. The minimum atomic E-state index is -0.532. The fraction of sp³-hybridized carbons (Fsp3) is 0.400. The molecule has 0 aromatic heterocycles. The molecular weight excluding hydrogens is 573 g/mol. The number of amides is 4. The maximum absolute atomic E-state index is 13.3. The lowest BCUT2D eigenvalue weighted by molar-refractivity contribution is -0.129. The fourth-order valence-electron chi connectivity index (χ4n) is 4.50. The molecule has 0 aliphatic carbocycles. The van der Waals surface area contributed by atoms with Gasteiger partial charge in [-0.1, -0.05) is 59.9 Å². The van der Waals surface area contributed by atoms with Crippen LogP contribution in [0.5, 0.6) is 0 Å². The van der Waals surface area contributed by atoms with Gasteiger partial charge in [0, 0.05) is 39.0 Å². The number of aliphatic imine (C=N–C) groups is 2. The Kier molecular flexibility index (Phi) is 11.6. The molecule has 2 aromatic carbocycles. The summed E-state index contributed by atoms with van der Waals surface area (Å²) in [4.78, 5) is 63.8. The summed E-state index contributed by atoms with van der Waals surface area (Å²) in [6, 6.07) is 18.8. The van der Waals surface area contributed by atoms with Gasteiger partial charge in [0.2, 0.25) is 23.6 Å². The van der Waals surface area contributed by atoms with Crippen molar-refractivity contribution in [1.82, 2.24) is 20.4 Å². The Hall–Kier alpha value is -3.64. The van der Waals surface area contributed by atoms with E-state index in [-0.39, 0.29) is 36.5 Å². The number of amidine groups is 2. The van der Waals surface area contributed by atoms with Crippen molar-refractivity contribution in [2.75, 3.05) is 26.2 Å². The molecule has 2 aliphatic rings. The van der Waals surface area contributed by atoms with Gasteiger partial charge in [-0.3, -0.25) is 29.0 Å². The Labute approximate surface area is 254 Å². The van der Waals surface area contributed by atoms with Gasteiger partial charge in [0.25, 0.3) is 0 Å². The minimum Gasteiger partial charge on any atom is -0.356 e. The van der Waals surface area contributed by atoms with Gasteiger partial charge in [0.1, 0.15) is 10.5 Å². The van der Waals surface area contributed by atoms with E-state index in [0.29, 0.717) is 49.4 Å². The summed E-state index contributed by atoms with van der Waals surface area (Å²) in [5, 5.41) is 5.61. The van der Waals surface area contributed by atoms with Gasteiger partial charge in [0.15, 0.2) is 10.3 Å². The Balaban J connectivity index is 1.43. The van der Waals surface area contributed by atoms with Crippen molar-refractivity contribution in [3.63, 3.8) is 0 Å². The van der Waals surface area contributed by atoms with Crippen LogP contribution < -0.4 is 10.6 Å². The van der Waals surface area contributed by atoms with Crippen LogP contribution in [0.3, 0.4) is 0 Å². The second-order valence-electron chi connectivity index (χ2n) is 9.67. The van der Waals surface area contributed by atoms with E-state index in [1.807, 2.05) is 74.5 Å². The second-order valence-corrected chi connectivity index (χ2v) is 12.0. The van der Waals surface area contributed by atoms with Crippen molar-refractivity contribution in [2.24, 2.45) is 9.98 Å². The Morgan fingerprint density at radius 2 is 1.07 bits per heavy atom. The first kappa shape index (κ1) is 31.3. The molecule has 10 nitrogen and oxygen atoms in total. The molecule has 42 heavy (non-hydrogen) atoms. The average Bonchev–Trinajstić information content (AvgIpc) is 3.42. The monoisotopic (exact) mass is 608 g/mol. The highest BCUT2D eigenvalue weighted by molar-refractivity contribution is 8.15. The topological polar surface area (TPSA) is 124 Å². The molecule has 4 amide bonds. The molecule has 0 bridgehead atoms. The molecule has 0 spiro atoms. The van der Waals surface area contributed by atoms with Crippen LogP contribution in [0.1, 0.15) is 39.5 Å². The number of carbonyl (C=O) groups is 4. The van der Waals surface area contributed by atoms with E-state index in [0.717, 1.165) is 11.4 Å². The maximum atomic E-state index is 13.3. The van der Waals surface area contributed by atoms with Crippen molar-refractivity contribution in [2.45, 2.75) is 50.0 Å². The third kappa shape index (κ3) is 8.45. The number of benzene rings is 2. The normalized spacial score (nSPS) is 20.5. The summed E-state index contributed by atoms with van der Waals surface area (Å²) in [6.07, 6.45) is 1.41. The summed E-state index contributed by atoms with van der Waals surface area (Å²) >= 11 is 2.62. The smallest absolute Gasteiger partial charge is 0.242 e. The van der Waals surface area contributed by atoms with Gasteiger partial charge in [-0.25, -0.2) is 9.98 Å². The van der Waals surface area contributed by atoms with E-state index in [2.05, 4.69) is 10.6 Å². The molecule has 2 heterocycles. The predicted molar refractivity (Wildman–Crippen MR) is 169 cm³/mol. The van der Waals surface area contributed by atoms with Crippen molar-refractivity contribution in [3.8, 4) is 0 Å². The van der Waals surface area contributed by atoms with Gasteiger partial charge >= 0.3 is 0 Å². The summed E-state index contributed by atoms with van der Waals surface area (Å²) in [7, 11) is 0. The molecule has 0 saturated carbocycles. The average molecular weight is 609 g/mol. The molecule has 222 valence electrons. The summed E-state index contributed by atoms with van der Waals surface area (Å²) in [5.41, 5.74) is 1.46. The molecule has 2 atom stereocenters. The third-order valence-electron chi connectivity index (χ3n) is 6.50. The zero-order valence-corrected chi connectivity index (χ0v) is 25.5. The fourth-order valence-corrected chi connectivity index (χ4v) is 6.87. The van der Waals surface area contributed by atoms with Crippen molar-refractivity contribution in [1.29, 1.82) is 0 Å². The van der Waals surface area contributed by atoms with Crippen LogP contribution in [0.15, 0.2) is 70.6 Å². The lowest BCUT2D eigenvalue weighted by atomic mass is 10.2. The number of para-hydroxylation sites is 2. The van der Waals surface area contributed by atoms with Crippen LogP contribution in [-0.4, -0.2) is 80.4 Å². The van der Waals surface area contributed by atoms with Gasteiger partial charge < -0.3 is 10.6 Å². The first-order valence-electron chi connectivity index (χ1n) is 14.2. The molecular formula is C30H36N6O4S2. The van der Waals surface area contributed by atoms with E-state index in [4.69, 9.17) is 9.98 Å². The van der Waals surface area contributed by atoms with Gasteiger partial charge in [-0.2, -0.15) is 0 Å². The van der Waals surface area contributed by atoms with Gasteiger partial charge in [-0.15, -0.1) is 0 Å². The largest absolute Gasteiger partial charge is 0.356 e. The van der Waals surface area contributed by atoms with Crippen LogP contribution in [0.2, 0.25) is 0 Å². The number of unbranched alkanes of at least 4 members (excludes halogenated alkanes) is 1. The highest BCUT2D eigenvalue weighted by Crippen LogP contribution is 2.33. The van der Waals surface area contributed by atoms with Gasteiger partial charge in [0.05, 0.1) is 11.4 Å². The number of hydrogen-bond acceptors (Lipinski definition) is 8. The van der Waals surface area contributed by atoms with Crippen LogP contribution in [0.4, 0.5) is 11.4 Å². The summed E-state index contributed by atoms with van der Waals surface area (Å²) in [5.74, 6) is -0.604. The number of nitrogens with zero attached hydrogens (tertiary/aromatic N) is 4. The van der Waals surface area contributed by atoms with Crippen LogP contribution in [0.25, 0.3) is 0 Å². The molecule has 12 heteroatoms. The Bertz CT molecular complexity index is 1220. The van der Waals surface area contributed by atoms with Crippen molar-refractivity contribution < 1.29 is 19.2 Å². The molecule has 0 radical (unpaired) electrons. The Morgan fingerprint density at radius 3 is 1.43 bits per heavy atom. The maximum Gasteiger partial charge on any atom is 0.242 e. The number of nitrogens with one attached hydrogen (secondary N) is 2. The zero-order valence-electron chi connectivity index (χ0n) is 23.8. The molecule has 2 N–H and O–H groups in total. The van der Waals surface area contributed by atoms with Crippen LogP contribution in [0, 0.1) is 0 Å². The van der Waals surface area contributed by atoms with Crippen molar-refractivity contribution >= 4 is 68.9 Å². The summed E-state index contributed by atoms with van der Waals surface area (Å²) < 4.78 is 0. The molecule has 2 saturated heterocycles. The Morgan fingerprint density at radius 1 is 0.690 bits per heavy atom. The van der Waals surface area contributed by atoms with Crippen LogP contribution >= 0.6 is 23.5 Å². The van der Waals surface area contributed by atoms with E-state index in [1.165, 1.54) is 23.5 Å². The lowest BCUT2D eigenvalue weighted by Crippen LogP contribution is -2.37. The predicted octanol–water partition coefficient (Wildman–Crippen LogP) is 4.08. The van der Waals surface area contributed by atoms with E-state index < -0.39 is 10.5 Å². The summed E-state index contributed by atoms with van der Waals surface area (Å²) in [6.45, 7) is 5.52. The first-order chi connectivity index (χ1) is 20.4. The highest BCUT2D eigenvalue weighted by Gasteiger charge is 2.40. The van der Waals surface area contributed by atoms with Crippen molar-refractivity contribution in [3.05, 3.63) is 60.7 Å². The standard InChI is InChI=1S/C30H36N6O4S2/c1-3-31-25(37)19-23-27(39)35(29(41-23)33-21-13-7-5-8-14-21)17-11-12-18-36-28(40)24(20-26(38)32-4-2)42-30(36)34-22-15-9-6-10-16-22/h5-10,13-16,23-24H,3-4,11-12,17-20H2,1-2H3,(H,31,37)(H,32,38). The van der Waals surface area contributed by atoms with Crippen LogP contribution in [-0.2, 0) is 19.2 Å². The minimum absolute atomic E-state index is 0.0907. The highest BCUT2D eigenvalue weighted by atomic mass is 32.2. The zero-order chi connectivity index (χ0) is 29.9. The van der Waals surface area contributed by atoms with E-state index in [9.17, 15) is 19.2 Å². The quantitative estimate of drug-likeness (QED) is 0.331. The van der Waals surface area contributed by atoms with E-state index in [1.54, 1.807) is 9.80 Å². The first-order valence-corrected chi connectivity index (χ1v) is 15.9. The molecule has 4 rings (SSSR count). The van der Waals surface area contributed by atoms with E-state index >= 15 is 0 Å². The van der Waals surface area contributed by atoms with Gasteiger partial charge in [-0.05, 0) is 51.0 Å². The third-order valence-corrected chi connectivity index (χ3v) is 8.86. The molecule has 2 unspecified atom stereocenters. The lowest BCUT2D eigenvalue weighted by Gasteiger charge is -2.19. The number of thioether (sulfide) groups is 2. The molecule has 2 fully saturated rings. The second kappa shape index (κ2) is 15.5. The SMILES string of the molecule is CCNC(=O)CC1SC(=Nc2ccccc2)N(CCCCN2C(=O)C(CC(=O)NCC)SC2=Nc2ccccc2)C1=O. The number of rotatable bonds is 13.